The molecule has 1 rings (SSSR count). The molecule has 0 spiro atoms. The molecule has 3 heteroatoms. The van der Waals surface area contributed by atoms with Gasteiger partial charge in [-0.2, -0.15) is 0 Å². The molecule has 0 saturated heterocycles. The van der Waals surface area contributed by atoms with Crippen LogP contribution in [0.3, 0.4) is 0 Å². The Kier molecular flexibility index (Phi) is 1.65. The smallest absolute Gasteiger partial charge is 0.214 e. The molecule has 0 radical (unpaired) electrons. The summed E-state index contributed by atoms with van der Waals surface area (Å²) >= 11 is 0. The minimum absolute atomic E-state index is 0.358. The molecule has 0 amide bonds. The van der Waals surface area contributed by atoms with Crippen molar-refractivity contribution in [3.05, 3.63) is 29.8 Å². The Balaban J connectivity index is 2.94. The molecule has 0 saturated carbocycles. The predicted octanol–water partition coefficient (Wildman–Crippen LogP) is 1.33. The maximum atomic E-state index is 6.95. The van der Waals surface area contributed by atoms with Gasteiger partial charge >= 0.3 is 0 Å². The van der Waals surface area contributed by atoms with Crippen LogP contribution in [0.1, 0.15) is 16.0 Å². The third-order valence-corrected chi connectivity index (χ3v) is 1.50. The Morgan fingerprint density at radius 3 is 3.08 bits per heavy atom. The Hall–Kier alpha value is -1.06. The standard InChI is InChI=1S/C9H12O3/c1-11-8-6-4-3-5-7(8)9(10)12-2/h3-6,9-10H,1-2H3/t9-/m1/s1/i2D3,10D. The third kappa shape index (κ3) is 1.75. The van der Waals surface area contributed by atoms with Crippen LogP contribution in [-0.4, -0.2) is 20.7 Å². The maximum Gasteiger partial charge on any atom is 0.214 e. The Morgan fingerprint density at radius 2 is 2.42 bits per heavy atom. The van der Waals surface area contributed by atoms with E-state index in [1.54, 1.807) is 24.3 Å². The molecule has 0 bridgehead atoms. The van der Waals surface area contributed by atoms with E-state index in [1.165, 1.54) is 7.11 Å². The van der Waals surface area contributed by atoms with Crippen molar-refractivity contribution < 1.29 is 18.7 Å². The maximum absolute atomic E-state index is 6.95. The molecule has 66 valence electrons. The van der Waals surface area contributed by atoms with Gasteiger partial charge in [0.05, 0.1) is 11.2 Å². The van der Waals surface area contributed by atoms with Crippen molar-refractivity contribution in [2.75, 3.05) is 14.1 Å². The molecule has 0 fully saturated rings. The Morgan fingerprint density at radius 1 is 1.58 bits per heavy atom. The van der Waals surface area contributed by atoms with Gasteiger partial charge in [-0.3, -0.25) is 0 Å². The minimum Gasteiger partial charge on any atom is -0.496 e. The van der Waals surface area contributed by atoms with Crippen LogP contribution in [0.15, 0.2) is 24.3 Å². The summed E-state index contributed by atoms with van der Waals surface area (Å²) in [5.41, 5.74) is 0.358. The summed E-state index contributed by atoms with van der Waals surface area (Å²) in [6.07, 6.45) is -1.30. The largest absolute Gasteiger partial charge is 0.496 e. The van der Waals surface area contributed by atoms with Crippen molar-refractivity contribution in [3.63, 3.8) is 0 Å². The summed E-state index contributed by atoms with van der Waals surface area (Å²) in [6.45, 7) is 0. The summed E-state index contributed by atoms with van der Waals surface area (Å²) in [5.74, 6) is 0.406. The normalized spacial score (nSPS) is 18.4. The van der Waals surface area contributed by atoms with E-state index >= 15 is 0 Å². The van der Waals surface area contributed by atoms with Crippen LogP contribution in [0.25, 0.3) is 0 Å². The zero-order valence-corrected chi connectivity index (χ0v) is 6.61. The second-order valence-electron chi connectivity index (χ2n) is 2.19. The van der Waals surface area contributed by atoms with E-state index in [2.05, 4.69) is 9.85 Å². The molecule has 1 aromatic rings. The number of hydrogen-bond donors (Lipinski definition) is 1. The minimum atomic E-state index is -2.63. The van der Waals surface area contributed by atoms with E-state index in [9.17, 15) is 0 Å². The summed E-state index contributed by atoms with van der Waals surface area (Å²) in [6, 6.07) is 6.60. The van der Waals surface area contributed by atoms with Crippen LogP contribution >= 0.6 is 0 Å². The van der Waals surface area contributed by atoms with Gasteiger partial charge in [-0.05, 0) is 6.07 Å². The lowest BCUT2D eigenvalue weighted by atomic mass is 10.2. The van der Waals surface area contributed by atoms with Crippen molar-refractivity contribution in [2.24, 2.45) is 0 Å². The van der Waals surface area contributed by atoms with Crippen molar-refractivity contribution in [1.29, 1.82) is 1.43 Å². The van der Waals surface area contributed by atoms with Gasteiger partial charge in [0.15, 0.2) is 6.29 Å². The second-order valence-corrected chi connectivity index (χ2v) is 2.19. The molecule has 0 aromatic heterocycles. The van der Waals surface area contributed by atoms with E-state index in [0.717, 1.165) is 0 Å². The van der Waals surface area contributed by atoms with Crippen LogP contribution in [0.5, 0.6) is 5.75 Å². The van der Waals surface area contributed by atoms with Gasteiger partial charge < -0.3 is 14.6 Å². The highest BCUT2D eigenvalue weighted by Crippen LogP contribution is 2.24. The zero-order valence-electron chi connectivity index (χ0n) is 10.6. The lowest BCUT2D eigenvalue weighted by Gasteiger charge is -2.12. The van der Waals surface area contributed by atoms with Gasteiger partial charge in [-0.15, -0.1) is 0 Å². The molecule has 1 aromatic carbocycles. The highest BCUT2D eigenvalue weighted by Gasteiger charge is 2.10. The number of methoxy groups -OCH3 is 2. The summed E-state index contributed by atoms with van der Waals surface area (Å²) in [7, 11) is -1.19. The lowest BCUT2D eigenvalue weighted by molar-refractivity contribution is -0.0780. The van der Waals surface area contributed by atoms with E-state index in [4.69, 9.17) is 10.3 Å². The summed E-state index contributed by atoms with van der Waals surface area (Å²) < 4.78 is 37.3. The van der Waals surface area contributed by atoms with Gasteiger partial charge in [0.2, 0.25) is 1.43 Å². The van der Waals surface area contributed by atoms with Crippen LogP contribution < -0.4 is 4.74 Å². The fourth-order valence-electron chi connectivity index (χ4n) is 0.925. The zero-order chi connectivity index (χ0) is 12.2. The summed E-state index contributed by atoms with van der Waals surface area (Å²) in [4.78, 5) is 0. The number of rotatable bonds is 4. The third-order valence-electron chi connectivity index (χ3n) is 1.50. The molecule has 0 aliphatic heterocycles. The van der Waals surface area contributed by atoms with Gasteiger partial charge in [0.25, 0.3) is 0 Å². The Labute approximate surface area is 77.3 Å². The van der Waals surface area contributed by atoms with Crippen molar-refractivity contribution in [1.82, 2.24) is 0 Å². The van der Waals surface area contributed by atoms with E-state index in [1.807, 2.05) is 0 Å². The molecule has 12 heavy (non-hydrogen) atoms. The molecule has 1 atom stereocenters. The van der Waals surface area contributed by atoms with Crippen LogP contribution in [0.4, 0.5) is 0 Å². The molecular formula is C9H12O3. The second kappa shape index (κ2) is 4.09. The quantitative estimate of drug-likeness (QED) is 0.696. The van der Waals surface area contributed by atoms with Crippen molar-refractivity contribution >= 4 is 0 Å². The number of para-hydroxylation sites is 1. The first-order valence-corrected chi connectivity index (χ1v) is 3.40. The highest BCUT2D eigenvalue weighted by atomic mass is 16.6. The van der Waals surface area contributed by atoms with Crippen molar-refractivity contribution in [2.45, 2.75) is 6.29 Å². The molecule has 0 heterocycles. The van der Waals surface area contributed by atoms with Gasteiger partial charge in [-0.1, -0.05) is 18.2 Å². The van der Waals surface area contributed by atoms with Crippen LogP contribution in [0, 0.1) is 0 Å². The van der Waals surface area contributed by atoms with E-state index < -0.39 is 13.3 Å². The average molecular weight is 172 g/mol. The first kappa shape index (κ1) is 4.84. The molecule has 0 aliphatic rings. The molecular weight excluding hydrogens is 156 g/mol. The van der Waals surface area contributed by atoms with Crippen LogP contribution in [0.2, 0.25) is 0 Å². The molecule has 1 N–H and O–H groups in total. The van der Waals surface area contributed by atoms with E-state index in [-0.39, 0.29) is 0 Å². The lowest BCUT2D eigenvalue weighted by Crippen LogP contribution is -2.01. The fraction of sp³-hybridized carbons (Fsp3) is 0.333. The first-order chi connectivity index (χ1) is 7.48. The van der Waals surface area contributed by atoms with Crippen molar-refractivity contribution in [3.8, 4) is 5.75 Å². The molecule has 0 unspecified atom stereocenters. The first-order valence-electron chi connectivity index (χ1n) is 5.31. The number of ether oxygens (including phenoxy) is 2. The highest BCUT2D eigenvalue weighted by molar-refractivity contribution is 5.33. The Bertz CT molecular complexity index is 340. The predicted molar refractivity (Wildman–Crippen MR) is 45.0 cm³/mol. The fourth-order valence-corrected chi connectivity index (χ4v) is 0.925. The monoisotopic (exact) mass is 172 g/mol. The number of aliphatic hydroxyl groups excluding tert-OH is 1. The number of benzene rings is 1. The van der Waals surface area contributed by atoms with Gasteiger partial charge in [-0.25, -0.2) is 0 Å². The number of hydrogen-bond acceptors (Lipinski definition) is 3. The molecule has 0 aliphatic carbocycles. The SMILES string of the molecule is [2H]O[C@H](OC([2H])([2H])[2H])c1ccccc1OC. The van der Waals surface area contributed by atoms with E-state index in [0.29, 0.717) is 11.3 Å². The molecule has 3 nitrogen and oxygen atoms in total. The average Bonchev–Trinajstić information content (AvgIpc) is 2.24. The van der Waals surface area contributed by atoms with Gasteiger partial charge in [0, 0.05) is 12.6 Å². The topological polar surface area (TPSA) is 38.7 Å². The van der Waals surface area contributed by atoms with Gasteiger partial charge in [0.1, 0.15) is 5.75 Å². The summed E-state index contributed by atoms with van der Waals surface area (Å²) in [5, 5.41) is 4.24. The van der Waals surface area contributed by atoms with Crippen LogP contribution in [-0.2, 0) is 4.74 Å². The number of aliphatic hydroxyl groups is 1.